The van der Waals surface area contributed by atoms with Crippen LogP contribution in [-0.4, -0.2) is 31.1 Å². The summed E-state index contributed by atoms with van der Waals surface area (Å²) in [5.41, 5.74) is 6.16. The average molecular weight is 297 g/mol. The van der Waals surface area contributed by atoms with E-state index in [2.05, 4.69) is 11.7 Å². The van der Waals surface area contributed by atoms with Crippen LogP contribution in [0.3, 0.4) is 0 Å². The molecule has 0 radical (unpaired) electrons. The fourth-order valence-electron chi connectivity index (χ4n) is 2.74. The molecule has 114 valence electrons. The quantitative estimate of drug-likeness (QED) is 0.596. The number of nitrogens with zero attached hydrogens (tertiary/aromatic N) is 2. The Morgan fingerprint density at radius 3 is 2.27 bits per heavy atom. The smallest absolute Gasteiger partial charge is 0.216 e. The van der Waals surface area contributed by atoms with Gasteiger partial charge in [0.05, 0.1) is 16.8 Å². The van der Waals surface area contributed by atoms with Gasteiger partial charge in [-0.25, -0.2) is 8.97 Å². The van der Waals surface area contributed by atoms with E-state index >= 15 is 0 Å². The first-order chi connectivity index (χ1) is 10.4. The predicted molar refractivity (Wildman–Crippen MR) is 91.6 cm³/mol. The van der Waals surface area contributed by atoms with E-state index < -0.39 is 0 Å². The number of para-hydroxylation sites is 1. The summed E-state index contributed by atoms with van der Waals surface area (Å²) in [4.78, 5) is 4.12. The van der Waals surface area contributed by atoms with Crippen molar-refractivity contribution >= 4 is 18.1 Å². The van der Waals surface area contributed by atoms with E-state index in [0.717, 1.165) is 28.1 Å². The molecular formula is C19H22FN2+. The molecule has 2 nitrogen and oxygen atoms in total. The third kappa shape index (κ3) is 2.71. The van der Waals surface area contributed by atoms with Gasteiger partial charge in [0, 0.05) is 0 Å². The van der Waals surface area contributed by atoms with Crippen molar-refractivity contribution in [2.75, 3.05) is 14.1 Å². The average Bonchev–Trinajstić information content (AvgIpc) is 2.50. The maximum atomic E-state index is 14.1. The van der Waals surface area contributed by atoms with Gasteiger partial charge in [-0.05, 0) is 62.4 Å². The summed E-state index contributed by atoms with van der Waals surface area (Å²) in [6.45, 7) is 9.24. The van der Waals surface area contributed by atoms with E-state index in [1.54, 1.807) is 6.92 Å². The van der Waals surface area contributed by atoms with E-state index in [0.29, 0.717) is 11.1 Å². The van der Waals surface area contributed by atoms with E-state index in [9.17, 15) is 4.39 Å². The van der Waals surface area contributed by atoms with Crippen LogP contribution in [0.25, 0.3) is 0 Å². The van der Waals surface area contributed by atoms with Gasteiger partial charge in [-0.1, -0.05) is 12.1 Å². The van der Waals surface area contributed by atoms with Crippen LogP contribution in [0.2, 0.25) is 0 Å². The molecule has 0 aliphatic rings. The van der Waals surface area contributed by atoms with Gasteiger partial charge in [-0.2, -0.15) is 0 Å². The fourth-order valence-corrected chi connectivity index (χ4v) is 2.74. The van der Waals surface area contributed by atoms with Gasteiger partial charge in [-0.15, -0.1) is 0 Å². The highest BCUT2D eigenvalue weighted by atomic mass is 19.1. The molecule has 0 heterocycles. The van der Waals surface area contributed by atoms with Crippen LogP contribution in [0.5, 0.6) is 0 Å². The molecule has 0 unspecified atom stereocenters. The summed E-state index contributed by atoms with van der Waals surface area (Å²) in [6.07, 6.45) is 0. The van der Waals surface area contributed by atoms with Gasteiger partial charge in [0.15, 0.2) is 0 Å². The molecule has 22 heavy (non-hydrogen) atoms. The number of hydrogen-bond acceptors (Lipinski definition) is 1. The molecule has 0 saturated carbocycles. The van der Waals surface area contributed by atoms with Crippen LogP contribution in [0.15, 0.2) is 35.3 Å². The van der Waals surface area contributed by atoms with Crippen LogP contribution in [-0.2, 0) is 0 Å². The van der Waals surface area contributed by atoms with Gasteiger partial charge in [0.2, 0.25) is 5.71 Å². The highest BCUT2D eigenvalue weighted by Gasteiger charge is 2.22. The number of halogens is 1. The first-order valence-corrected chi connectivity index (χ1v) is 7.25. The minimum atomic E-state index is -0.130. The second-order valence-corrected chi connectivity index (χ2v) is 5.72. The van der Waals surface area contributed by atoms with Gasteiger partial charge in [0.1, 0.15) is 19.9 Å². The maximum absolute atomic E-state index is 14.1. The highest BCUT2D eigenvalue weighted by Crippen LogP contribution is 2.27. The van der Waals surface area contributed by atoms with E-state index in [4.69, 9.17) is 0 Å². The molecule has 0 aliphatic heterocycles. The van der Waals surface area contributed by atoms with Crippen molar-refractivity contribution in [3.63, 3.8) is 0 Å². The lowest BCUT2D eigenvalue weighted by molar-refractivity contribution is -0.463. The normalized spacial score (nSPS) is 10.5. The molecule has 0 N–H and O–H groups in total. The maximum Gasteiger partial charge on any atom is 0.216 e. The largest absolute Gasteiger partial charge is 0.264 e. The Labute approximate surface area is 131 Å². The van der Waals surface area contributed by atoms with Crippen LogP contribution in [0, 0.1) is 26.6 Å². The van der Waals surface area contributed by atoms with Crippen molar-refractivity contribution in [2.24, 2.45) is 4.99 Å². The molecule has 0 aromatic heterocycles. The number of rotatable bonds is 3. The van der Waals surface area contributed by atoms with Crippen LogP contribution >= 0.6 is 0 Å². The number of aryl methyl sites for hydroxylation is 1. The van der Waals surface area contributed by atoms with Crippen LogP contribution < -0.4 is 0 Å². The number of hydrogen-bond donors (Lipinski definition) is 0. The third-order valence-corrected chi connectivity index (χ3v) is 4.03. The molecule has 2 aromatic carbocycles. The minimum absolute atomic E-state index is 0.130. The Kier molecular flexibility index (Phi) is 4.55. The first-order valence-electron chi connectivity index (χ1n) is 7.25. The summed E-state index contributed by atoms with van der Waals surface area (Å²) in [7, 11) is 3.98. The molecule has 0 saturated heterocycles. The molecular weight excluding hydrogens is 275 g/mol. The topological polar surface area (TPSA) is 15.4 Å². The second-order valence-electron chi connectivity index (χ2n) is 5.72. The SMILES string of the molecule is C=Nc1ccccc1C(c1cc(C)c(F)c(C)c1C)=[N+](C)C. The van der Waals surface area contributed by atoms with E-state index in [1.807, 2.05) is 62.9 Å². The predicted octanol–water partition coefficient (Wildman–Crippen LogP) is 4.19. The van der Waals surface area contributed by atoms with Gasteiger partial charge in [-0.3, -0.25) is 4.99 Å². The van der Waals surface area contributed by atoms with Crippen molar-refractivity contribution in [1.29, 1.82) is 0 Å². The first kappa shape index (κ1) is 16.1. The molecule has 0 aliphatic carbocycles. The zero-order valence-corrected chi connectivity index (χ0v) is 13.9. The zero-order chi connectivity index (χ0) is 16.4. The highest BCUT2D eigenvalue weighted by molar-refractivity contribution is 6.13. The number of aliphatic imine (C=N–C) groups is 1. The van der Waals surface area contributed by atoms with Gasteiger partial charge in [0.25, 0.3) is 0 Å². The Morgan fingerprint density at radius 1 is 1.05 bits per heavy atom. The summed E-state index contributed by atoms with van der Waals surface area (Å²) in [5.74, 6) is -0.130. The van der Waals surface area contributed by atoms with Crippen LogP contribution in [0.1, 0.15) is 27.8 Å². The Bertz CT molecular complexity index is 769. The monoisotopic (exact) mass is 297 g/mol. The van der Waals surface area contributed by atoms with Gasteiger partial charge < -0.3 is 0 Å². The van der Waals surface area contributed by atoms with Crippen molar-refractivity contribution in [1.82, 2.24) is 0 Å². The minimum Gasteiger partial charge on any atom is -0.264 e. The summed E-state index contributed by atoms with van der Waals surface area (Å²) in [5, 5.41) is 0. The van der Waals surface area contributed by atoms with Crippen molar-refractivity contribution in [2.45, 2.75) is 20.8 Å². The zero-order valence-electron chi connectivity index (χ0n) is 13.9. The summed E-state index contributed by atoms with van der Waals surface area (Å²) in [6, 6.07) is 9.78. The molecule has 2 aromatic rings. The Hall–Kier alpha value is -2.29. The Balaban J connectivity index is 2.82. The number of benzene rings is 2. The lowest BCUT2D eigenvalue weighted by Crippen LogP contribution is -2.19. The third-order valence-electron chi connectivity index (χ3n) is 4.03. The Morgan fingerprint density at radius 2 is 1.68 bits per heavy atom. The summed E-state index contributed by atoms with van der Waals surface area (Å²) >= 11 is 0. The van der Waals surface area contributed by atoms with Crippen molar-refractivity contribution < 1.29 is 8.97 Å². The lowest BCUT2D eigenvalue weighted by Gasteiger charge is -2.14. The molecule has 3 heteroatoms. The molecule has 0 atom stereocenters. The summed E-state index contributed by atoms with van der Waals surface area (Å²) < 4.78 is 16.2. The van der Waals surface area contributed by atoms with Gasteiger partial charge >= 0.3 is 0 Å². The van der Waals surface area contributed by atoms with Crippen molar-refractivity contribution in [3.8, 4) is 0 Å². The lowest BCUT2D eigenvalue weighted by atomic mass is 9.92. The molecule has 0 spiro atoms. The van der Waals surface area contributed by atoms with Crippen molar-refractivity contribution in [3.05, 3.63) is 64.0 Å². The van der Waals surface area contributed by atoms with E-state index in [-0.39, 0.29) is 5.82 Å². The molecule has 0 fully saturated rings. The standard InChI is InChI=1S/C19H22FN2/c1-12-11-16(13(2)14(3)18(12)20)19(22(5)6)15-9-7-8-10-17(15)21-4/h7-11H,4H2,1-3,5-6H3/q+1. The fraction of sp³-hybridized carbons (Fsp3) is 0.263. The molecule has 0 amide bonds. The van der Waals surface area contributed by atoms with E-state index in [1.165, 1.54) is 0 Å². The molecule has 0 bridgehead atoms. The second kappa shape index (κ2) is 6.22. The molecule has 2 rings (SSSR count). The van der Waals surface area contributed by atoms with Crippen LogP contribution in [0.4, 0.5) is 10.1 Å².